The molecule has 11 heteroatoms. The molecule has 2 aromatic heterocycles. The Hall–Kier alpha value is -3.21. The molecule has 2 aliphatic heterocycles. The number of halogens is 5. The molecule has 4 heterocycles. The van der Waals surface area contributed by atoms with Gasteiger partial charge in [0.1, 0.15) is 11.4 Å². The molecule has 1 spiro atoms. The van der Waals surface area contributed by atoms with Crippen molar-refractivity contribution in [2.45, 2.75) is 43.7 Å². The van der Waals surface area contributed by atoms with Gasteiger partial charge in [0.25, 0.3) is 0 Å². The van der Waals surface area contributed by atoms with Crippen LogP contribution in [0.25, 0.3) is 11.0 Å². The molecule has 3 aliphatic rings. The number of benzene rings is 1. The predicted octanol–water partition coefficient (Wildman–Crippen LogP) is 6.00. The normalized spacial score (nSPS) is 23.1. The van der Waals surface area contributed by atoms with Crippen molar-refractivity contribution in [3.05, 3.63) is 53.4 Å². The molecule has 196 valence electrons. The van der Waals surface area contributed by atoms with Gasteiger partial charge in [0.05, 0.1) is 30.6 Å². The number of aromatic amines is 1. The topological polar surface area (TPSA) is 68.7 Å². The Morgan fingerprint density at radius 3 is 2.46 bits per heavy atom. The van der Waals surface area contributed by atoms with E-state index in [0.717, 1.165) is 18.6 Å². The fourth-order valence-corrected chi connectivity index (χ4v) is 5.40. The molecule has 1 N–H and O–H groups in total. The quantitative estimate of drug-likeness (QED) is 0.419. The highest BCUT2D eigenvalue weighted by Gasteiger charge is 2.60. The molecule has 0 amide bonds. The summed E-state index contributed by atoms with van der Waals surface area (Å²) in [6.45, 7) is 2.21. The average Bonchev–Trinajstić information content (AvgIpc) is 3.45. The summed E-state index contributed by atoms with van der Waals surface area (Å²) in [5, 5.41) is 0.0668. The van der Waals surface area contributed by atoms with E-state index in [9.17, 15) is 13.2 Å². The zero-order chi connectivity index (χ0) is 25.8. The third kappa shape index (κ3) is 4.03. The lowest BCUT2D eigenvalue weighted by atomic mass is 9.64. The molecule has 3 aromatic rings. The van der Waals surface area contributed by atoms with Gasteiger partial charge in [0.15, 0.2) is 23.3 Å². The van der Waals surface area contributed by atoms with Crippen LogP contribution in [0, 0.1) is 17.0 Å². The van der Waals surface area contributed by atoms with E-state index in [1.807, 2.05) is 0 Å². The Morgan fingerprint density at radius 1 is 1.08 bits per heavy atom. The molecule has 6 nitrogen and oxygen atoms in total. The number of alkyl halides is 3. The summed E-state index contributed by atoms with van der Waals surface area (Å²) in [6, 6.07) is 3.54. The first-order valence-corrected chi connectivity index (χ1v) is 12.1. The summed E-state index contributed by atoms with van der Waals surface area (Å²) < 4.78 is 89.0. The number of ether oxygens (including phenoxy) is 3. The van der Waals surface area contributed by atoms with Crippen LogP contribution < -0.4 is 4.74 Å². The molecule has 1 aliphatic carbocycles. The molecule has 2 fully saturated rings. The van der Waals surface area contributed by atoms with E-state index in [-0.39, 0.29) is 47.0 Å². The van der Waals surface area contributed by atoms with Crippen LogP contribution in [0.15, 0.2) is 35.6 Å². The molecule has 6 rings (SSSR count). The Labute approximate surface area is 208 Å². The van der Waals surface area contributed by atoms with Gasteiger partial charge in [-0.25, -0.2) is 13.8 Å². The second-order valence-corrected chi connectivity index (χ2v) is 10.1. The van der Waals surface area contributed by atoms with Crippen molar-refractivity contribution in [1.29, 1.82) is 0 Å². The number of aromatic nitrogens is 2. The number of fused-ring (bicyclic) bond motifs is 1. The maximum atomic E-state index is 15.1. The van der Waals surface area contributed by atoms with Crippen molar-refractivity contribution < 1.29 is 36.2 Å². The number of nitrogens with one attached hydrogen (secondary N) is 1. The molecular weight excluding hydrogens is 497 g/mol. The highest BCUT2D eigenvalue weighted by Crippen LogP contribution is 2.57. The number of nitrogens with zero attached hydrogens (tertiary/aromatic N) is 2. The van der Waals surface area contributed by atoms with Gasteiger partial charge in [-0.1, -0.05) is 6.42 Å². The van der Waals surface area contributed by atoms with Gasteiger partial charge < -0.3 is 19.2 Å². The molecule has 1 atom stereocenters. The minimum atomic E-state index is -4.49. The number of aliphatic imine (C=N–C) groups is 1. The standard InChI is InChI=1S/C26H24F5N3O3/c27-17-8-15(10-20-34-12-24(14-36-20)5-7-35-13-24)9-18(28)22(17)37-19-2-6-32-23-21(19)16(11-33-23)25(3-1-4-25)26(29,30)31/h2,6,8-9,11H,1,3-5,7,10,12-14H2,(H,32,33). The van der Waals surface area contributed by atoms with Crippen LogP contribution in [0.3, 0.4) is 0 Å². The van der Waals surface area contributed by atoms with Crippen LogP contribution in [-0.4, -0.2) is 48.4 Å². The summed E-state index contributed by atoms with van der Waals surface area (Å²) >= 11 is 0. The molecule has 1 saturated carbocycles. The summed E-state index contributed by atoms with van der Waals surface area (Å²) in [7, 11) is 0. The smallest absolute Gasteiger partial charge is 0.398 e. The first kappa shape index (κ1) is 24.1. The van der Waals surface area contributed by atoms with Crippen LogP contribution in [0.1, 0.15) is 36.8 Å². The van der Waals surface area contributed by atoms with E-state index in [4.69, 9.17) is 14.2 Å². The first-order chi connectivity index (χ1) is 17.7. The van der Waals surface area contributed by atoms with E-state index >= 15 is 8.78 Å². The zero-order valence-electron chi connectivity index (χ0n) is 19.8. The van der Waals surface area contributed by atoms with Crippen LogP contribution >= 0.6 is 0 Å². The lowest BCUT2D eigenvalue weighted by Gasteiger charge is -2.43. The van der Waals surface area contributed by atoms with Gasteiger partial charge in [0.2, 0.25) is 0 Å². The second-order valence-electron chi connectivity index (χ2n) is 10.1. The Morgan fingerprint density at radius 2 is 1.86 bits per heavy atom. The van der Waals surface area contributed by atoms with Gasteiger partial charge in [-0.05, 0) is 48.6 Å². The van der Waals surface area contributed by atoms with Crippen molar-refractivity contribution in [3.8, 4) is 11.5 Å². The van der Waals surface area contributed by atoms with E-state index < -0.39 is 29.0 Å². The van der Waals surface area contributed by atoms with Gasteiger partial charge in [-0.15, -0.1) is 0 Å². The predicted molar refractivity (Wildman–Crippen MR) is 124 cm³/mol. The van der Waals surface area contributed by atoms with Gasteiger partial charge >= 0.3 is 6.18 Å². The molecule has 1 saturated heterocycles. The van der Waals surface area contributed by atoms with Crippen LogP contribution in [0.4, 0.5) is 22.0 Å². The van der Waals surface area contributed by atoms with Crippen molar-refractivity contribution >= 4 is 16.9 Å². The first-order valence-electron chi connectivity index (χ1n) is 12.1. The minimum Gasteiger partial charge on any atom is -0.480 e. The second kappa shape index (κ2) is 8.68. The zero-order valence-corrected chi connectivity index (χ0v) is 19.8. The van der Waals surface area contributed by atoms with E-state index in [1.54, 1.807) is 0 Å². The van der Waals surface area contributed by atoms with Crippen LogP contribution in [0.5, 0.6) is 11.5 Å². The number of rotatable bonds is 5. The number of pyridine rings is 1. The van der Waals surface area contributed by atoms with Gasteiger partial charge in [0, 0.05) is 30.8 Å². The molecule has 0 radical (unpaired) electrons. The van der Waals surface area contributed by atoms with Crippen LogP contribution in [-0.2, 0) is 21.3 Å². The molecular formula is C26H24F5N3O3. The molecule has 1 aromatic carbocycles. The molecule has 1 unspecified atom stereocenters. The number of hydrogen-bond acceptors (Lipinski definition) is 5. The van der Waals surface area contributed by atoms with Crippen molar-refractivity contribution in [2.24, 2.45) is 10.4 Å². The highest BCUT2D eigenvalue weighted by atomic mass is 19.4. The van der Waals surface area contributed by atoms with Crippen molar-refractivity contribution in [3.63, 3.8) is 0 Å². The van der Waals surface area contributed by atoms with E-state index in [1.165, 1.54) is 18.5 Å². The summed E-state index contributed by atoms with van der Waals surface area (Å²) in [5.41, 5.74) is -1.75. The highest BCUT2D eigenvalue weighted by molar-refractivity contribution is 5.88. The third-order valence-electron chi connectivity index (χ3n) is 7.75. The van der Waals surface area contributed by atoms with Crippen LogP contribution in [0.2, 0.25) is 0 Å². The SMILES string of the molecule is Fc1cc(CC2=NCC3(CCOC3)CO2)cc(F)c1Oc1ccnc2[nH]cc(C3(C(F)(F)F)CCC3)c12. The monoisotopic (exact) mass is 521 g/mol. The van der Waals surface area contributed by atoms with Gasteiger partial charge in [-0.2, -0.15) is 13.2 Å². The van der Waals surface area contributed by atoms with Crippen molar-refractivity contribution in [1.82, 2.24) is 9.97 Å². The molecule has 37 heavy (non-hydrogen) atoms. The Bertz CT molecular complexity index is 1350. The fourth-order valence-electron chi connectivity index (χ4n) is 5.40. The Balaban J connectivity index is 1.28. The summed E-state index contributed by atoms with van der Waals surface area (Å²) in [5.74, 6) is -2.39. The largest absolute Gasteiger partial charge is 0.480 e. The lowest BCUT2D eigenvalue weighted by molar-refractivity contribution is -0.212. The lowest BCUT2D eigenvalue weighted by Crippen LogP contribution is -2.47. The molecule has 0 bridgehead atoms. The number of hydrogen-bond donors (Lipinski definition) is 1. The third-order valence-corrected chi connectivity index (χ3v) is 7.75. The minimum absolute atomic E-state index is 0.0281. The maximum Gasteiger partial charge on any atom is 0.398 e. The summed E-state index contributed by atoms with van der Waals surface area (Å²) in [4.78, 5) is 11.3. The Kier molecular flexibility index (Phi) is 5.66. The maximum absolute atomic E-state index is 15.1. The van der Waals surface area contributed by atoms with E-state index in [0.29, 0.717) is 44.2 Å². The van der Waals surface area contributed by atoms with Gasteiger partial charge in [-0.3, -0.25) is 4.99 Å². The fraction of sp³-hybridized carbons (Fsp3) is 0.462. The van der Waals surface area contributed by atoms with E-state index in [2.05, 4.69) is 15.0 Å². The van der Waals surface area contributed by atoms with Crippen molar-refractivity contribution in [2.75, 3.05) is 26.4 Å². The average molecular weight is 521 g/mol. The number of H-pyrrole nitrogens is 1. The summed E-state index contributed by atoms with van der Waals surface area (Å²) in [6.07, 6.45) is -0.680.